The molecule has 0 aromatic carbocycles. The number of hydrogen-bond acceptors (Lipinski definition) is 13. The molecule has 0 radical (unpaired) electrons. The molecule has 19 heteroatoms. The summed E-state index contributed by atoms with van der Waals surface area (Å²) in [6, 6.07) is -3.64. The Morgan fingerprint density at radius 2 is 0.914 bits per heavy atom. The molecule has 0 heterocycles. The lowest BCUT2D eigenvalue weighted by molar-refractivity contribution is -0.141. The van der Waals surface area contributed by atoms with Gasteiger partial charge in [-0.1, -0.05) is 21.6 Å². The number of hydrogen-bond donors (Lipinski definition) is 11. The van der Waals surface area contributed by atoms with Crippen LogP contribution in [-0.4, -0.2) is 109 Å². The summed E-state index contributed by atoms with van der Waals surface area (Å²) in [6.07, 6.45) is -0.224. The molecule has 0 aliphatic carbocycles. The summed E-state index contributed by atoms with van der Waals surface area (Å²) < 4.78 is 0. The van der Waals surface area contributed by atoms with Crippen LogP contribution in [0.2, 0.25) is 0 Å². The first-order valence-corrected chi connectivity index (χ1v) is 11.7. The highest BCUT2D eigenvalue weighted by Crippen LogP contribution is 2.22. The maximum Gasteiger partial charge on any atom is 0.321 e. The zero-order chi connectivity index (χ0) is 28.7. The third-order valence-corrected chi connectivity index (χ3v) is 5.24. The van der Waals surface area contributed by atoms with E-state index in [1.807, 2.05) is 0 Å². The highest BCUT2D eigenvalue weighted by Gasteiger charge is 2.14. The maximum absolute atomic E-state index is 10.3. The topological polar surface area (TPSA) is 354 Å². The fourth-order valence-corrected chi connectivity index (χ4v) is 3.02. The Labute approximate surface area is 207 Å². The van der Waals surface area contributed by atoms with E-state index in [1.54, 1.807) is 0 Å². The normalized spacial score (nSPS) is 12.9. The van der Waals surface area contributed by atoms with E-state index in [-0.39, 0.29) is 30.9 Å². The average molecular weight is 552 g/mol. The molecule has 0 aromatic rings. The minimum atomic E-state index is -1.17. The zero-order valence-electron chi connectivity index (χ0n) is 18.7. The lowest BCUT2D eigenvalue weighted by atomic mass is 10.2. The van der Waals surface area contributed by atoms with Gasteiger partial charge in [-0.05, 0) is 13.3 Å². The molecule has 0 aliphatic rings. The Hall–Kier alpha value is -2.68. The lowest BCUT2D eigenvalue weighted by Gasteiger charge is -2.07. The predicted molar refractivity (Wildman–Crippen MR) is 127 cm³/mol. The molecule has 0 bridgehead atoms. The van der Waals surface area contributed by atoms with Crippen molar-refractivity contribution in [3.05, 3.63) is 0 Å². The second kappa shape index (κ2) is 24.4. The molecule has 0 aromatic heterocycles. The van der Waals surface area contributed by atoms with Gasteiger partial charge in [-0.15, -0.1) is 0 Å². The highest BCUT2D eigenvalue weighted by atomic mass is 33.1. The molecule has 17 nitrogen and oxygen atoms in total. The van der Waals surface area contributed by atoms with Crippen LogP contribution >= 0.6 is 21.6 Å². The van der Waals surface area contributed by atoms with E-state index >= 15 is 0 Å². The Morgan fingerprint density at radius 3 is 1.09 bits per heavy atom. The molecule has 4 atom stereocenters. The molecule has 0 spiro atoms. The largest absolute Gasteiger partial charge is 0.481 e. The summed E-state index contributed by atoms with van der Waals surface area (Å²) in [5, 5.41) is 48.6. The summed E-state index contributed by atoms with van der Waals surface area (Å²) >= 11 is 0. The first-order valence-electron chi connectivity index (χ1n) is 9.22. The Bertz CT molecular complexity index is 647. The smallest absolute Gasteiger partial charge is 0.321 e. The molecule has 0 aliphatic heterocycles. The van der Waals surface area contributed by atoms with Crippen LogP contribution in [0.15, 0.2) is 0 Å². The van der Waals surface area contributed by atoms with E-state index in [2.05, 4.69) is 5.73 Å². The van der Waals surface area contributed by atoms with Crippen LogP contribution < -0.4 is 28.7 Å². The molecular weight excluding hydrogens is 518 g/mol. The van der Waals surface area contributed by atoms with Crippen molar-refractivity contribution in [2.45, 2.75) is 43.9 Å². The standard InChI is InChI=1S/C6H12N2O4S2.C5H9NO4.C3H7NO2.C2H5NO2/c7-3(5(9)10)1-13-14-2-4(8)6(11)12;6-3(5(9)10)1-2-4(7)8;1-2(4)3(5)6;3-1-2(4)5/h3-4H,1-2,7-8H2,(H,9,10)(H,11,12);3H,1-2,6H2,(H,7,8)(H,9,10);2H,4H2,1H3,(H,5,6);1,3H2,(H,4,5). The van der Waals surface area contributed by atoms with Crippen molar-refractivity contribution < 1.29 is 59.4 Å². The highest BCUT2D eigenvalue weighted by molar-refractivity contribution is 8.76. The zero-order valence-corrected chi connectivity index (χ0v) is 20.3. The quantitative estimate of drug-likeness (QED) is 0.0796. The molecule has 0 amide bonds. The van der Waals surface area contributed by atoms with Gasteiger partial charge in [0.05, 0.1) is 6.54 Å². The molecule has 4 unspecified atom stereocenters. The van der Waals surface area contributed by atoms with Gasteiger partial charge in [0.25, 0.3) is 0 Å². The molecule has 16 N–H and O–H groups in total. The molecule has 0 rings (SSSR count). The third kappa shape index (κ3) is 36.1. The molecule has 206 valence electrons. The van der Waals surface area contributed by atoms with Crippen molar-refractivity contribution in [2.24, 2.45) is 28.7 Å². The van der Waals surface area contributed by atoms with Crippen LogP contribution in [0, 0.1) is 0 Å². The number of carbonyl (C=O) groups is 6. The summed E-state index contributed by atoms with van der Waals surface area (Å²) in [7, 11) is 2.41. The summed E-state index contributed by atoms with van der Waals surface area (Å²) in [6.45, 7) is 1.14. The lowest BCUT2D eigenvalue weighted by Crippen LogP contribution is -2.33. The summed E-state index contributed by atoms with van der Waals surface area (Å²) in [5.41, 5.74) is 24.8. The second-order valence-electron chi connectivity index (χ2n) is 6.06. The number of aliphatic carboxylic acids is 6. The van der Waals surface area contributed by atoms with Crippen LogP contribution in [0.25, 0.3) is 0 Å². The first kappa shape index (κ1) is 39.5. The fourth-order valence-electron chi connectivity index (χ4n) is 0.788. The van der Waals surface area contributed by atoms with E-state index < -0.39 is 60.0 Å². The second-order valence-corrected chi connectivity index (χ2v) is 8.61. The van der Waals surface area contributed by atoms with Gasteiger partial charge in [0.1, 0.15) is 24.2 Å². The number of carboxylic acid groups (broad SMARTS) is 6. The number of nitrogens with two attached hydrogens (primary N) is 5. The van der Waals surface area contributed by atoms with E-state index in [1.165, 1.54) is 28.5 Å². The Morgan fingerprint density at radius 1 is 0.629 bits per heavy atom. The fraction of sp³-hybridized carbons (Fsp3) is 0.625. The van der Waals surface area contributed by atoms with Gasteiger partial charge >= 0.3 is 35.8 Å². The van der Waals surface area contributed by atoms with Gasteiger partial charge in [-0.3, -0.25) is 28.8 Å². The molecule has 35 heavy (non-hydrogen) atoms. The van der Waals surface area contributed by atoms with E-state index in [0.29, 0.717) is 0 Å². The van der Waals surface area contributed by atoms with Crippen molar-refractivity contribution in [1.29, 1.82) is 0 Å². The molecule has 0 saturated heterocycles. The van der Waals surface area contributed by atoms with Gasteiger partial charge in [0.15, 0.2) is 0 Å². The van der Waals surface area contributed by atoms with Crippen molar-refractivity contribution in [2.75, 3.05) is 18.1 Å². The van der Waals surface area contributed by atoms with E-state index in [4.69, 9.17) is 53.6 Å². The van der Waals surface area contributed by atoms with Crippen LogP contribution in [0.1, 0.15) is 19.8 Å². The first-order chi connectivity index (χ1) is 15.9. The van der Waals surface area contributed by atoms with Gasteiger partial charge in [-0.25, -0.2) is 0 Å². The van der Waals surface area contributed by atoms with E-state index in [9.17, 15) is 28.8 Å². The van der Waals surface area contributed by atoms with Crippen molar-refractivity contribution in [3.63, 3.8) is 0 Å². The average Bonchev–Trinajstić information content (AvgIpc) is 2.75. The van der Waals surface area contributed by atoms with Crippen LogP contribution in [0.3, 0.4) is 0 Å². The van der Waals surface area contributed by atoms with Crippen LogP contribution in [-0.2, 0) is 28.8 Å². The SMILES string of the molecule is CC(N)C(=O)O.NC(CCC(=O)O)C(=O)O.NC(CSSCC(N)C(=O)O)C(=O)O.NCC(=O)O. The maximum atomic E-state index is 10.3. The Balaban J connectivity index is -0.000000199. The third-order valence-electron chi connectivity index (χ3n) is 2.76. The monoisotopic (exact) mass is 551 g/mol. The molecule has 0 saturated carbocycles. The van der Waals surface area contributed by atoms with Crippen molar-refractivity contribution >= 4 is 57.4 Å². The number of rotatable bonds is 13. The van der Waals surface area contributed by atoms with Crippen LogP contribution in [0.4, 0.5) is 0 Å². The Kier molecular flexibility index (Phi) is 27.6. The van der Waals surface area contributed by atoms with Gasteiger partial charge in [0, 0.05) is 17.9 Å². The van der Waals surface area contributed by atoms with Crippen LogP contribution in [0.5, 0.6) is 0 Å². The number of carboxylic acids is 6. The summed E-state index contributed by atoms with van der Waals surface area (Å²) in [4.78, 5) is 59.2. The van der Waals surface area contributed by atoms with E-state index in [0.717, 1.165) is 0 Å². The minimum absolute atomic E-state index is 0.0231. The molecular formula is C16H33N5O12S2. The molecule has 0 fully saturated rings. The van der Waals surface area contributed by atoms with Gasteiger partial charge < -0.3 is 59.3 Å². The summed E-state index contributed by atoms with van der Waals surface area (Å²) in [5.74, 6) is -5.81. The van der Waals surface area contributed by atoms with Crippen molar-refractivity contribution in [3.8, 4) is 0 Å². The minimum Gasteiger partial charge on any atom is -0.481 e. The van der Waals surface area contributed by atoms with Crippen molar-refractivity contribution in [1.82, 2.24) is 0 Å². The van der Waals surface area contributed by atoms with Gasteiger partial charge in [-0.2, -0.15) is 0 Å². The predicted octanol–water partition coefficient (Wildman–Crippen LogP) is -3.10. The van der Waals surface area contributed by atoms with Gasteiger partial charge in [0.2, 0.25) is 0 Å².